The van der Waals surface area contributed by atoms with Gasteiger partial charge in [0, 0.05) is 0 Å². The first-order chi connectivity index (χ1) is 8.61. The van der Waals surface area contributed by atoms with Crippen LogP contribution in [0, 0.1) is 13.8 Å². The largest absolute Gasteiger partial charge is 0.465 e. The van der Waals surface area contributed by atoms with Gasteiger partial charge in [0.25, 0.3) is 0 Å². The normalized spacial score (nSPS) is 10.2. The van der Waals surface area contributed by atoms with Gasteiger partial charge in [-0.1, -0.05) is 47.5 Å². The summed E-state index contributed by atoms with van der Waals surface area (Å²) in [7, 11) is 1.40. The highest BCUT2D eigenvalue weighted by Crippen LogP contribution is 2.26. The van der Waals surface area contributed by atoms with E-state index in [9.17, 15) is 4.79 Å². The third-order valence-corrected chi connectivity index (χ3v) is 2.91. The van der Waals surface area contributed by atoms with Gasteiger partial charge in [-0.15, -0.1) is 0 Å². The maximum atomic E-state index is 11.8. The van der Waals surface area contributed by atoms with Crippen LogP contribution < -0.4 is 0 Å². The van der Waals surface area contributed by atoms with Crippen molar-refractivity contribution in [2.75, 3.05) is 7.11 Å². The van der Waals surface area contributed by atoms with Crippen LogP contribution in [-0.4, -0.2) is 13.1 Å². The van der Waals surface area contributed by atoms with Crippen LogP contribution in [0.1, 0.15) is 21.5 Å². The molecule has 2 aromatic carbocycles. The Bertz CT molecular complexity index is 585. The third kappa shape index (κ3) is 2.43. The summed E-state index contributed by atoms with van der Waals surface area (Å²) in [6, 6.07) is 13.9. The zero-order chi connectivity index (χ0) is 13.1. The van der Waals surface area contributed by atoms with Crippen molar-refractivity contribution in [3.05, 3.63) is 59.2 Å². The first kappa shape index (κ1) is 12.4. The minimum Gasteiger partial charge on any atom is -0.465 e. The van der Waals surface area contributed by atoms with Gasteiger partial charge in [-0.2, -0.15) is 0 Å². The van der Waals surface area contributed by atoms with Gasteiger partial charge in [-0.25, -0.2) is 4.79 Å². The standard InChI is InChI=1S/C16H16O2/c1-11-5-4-6-13(9-11)15-10-12(2)7-8-14(15)16(17)18-3/h4-10H,1-3H3. The zero-order valence-corrected chi connectivity index (χ0v) is 10.9. The highest BCUT2D eigenvalue weighted by Gasteiger charge is 2.13. The fourth-order valence-corrected chi connectivity index (χ4v) is 2.00. The Balaban J connectivity index is 2.61. The molecule has 0 aliphatic heterocycles. The Kier molecular flexibility index (Phi) is 3.47. The van der Waals surface area contributed by atoms with E-state index in [1.54, 1.807) is 0 Å². The molecule has 92 valence electrons. The molecule has 0 heterocycles. The molecule has 0 fully saturated rings. The molecule has 0 aliphatic rings. The first-order valence-electron chi connectivity index (χ1n) is 5.88. The van der Waals surface area contributed by atoms with Crippen LogP contribution in [0.2, 0.25) is 0 Å². The van der Waals surface area contributed by atoms with E-state index in [0.29, 0.717) is 5.56 Å². The van der Waals surface area contributed by atoms with Crippen LogP contribution in [0.4, 0.5) is 0 Å². The number of benzene rings is 2. The van der Waals surface area contributed by atoms with Crippen molar-refractivity contribution < 1.29 is 9.53 Å². The van der Waals surface area contributed by atoms with Gasteiger partial charge in [0.05, 0.1) is 12.7 Å². The Morgan fingerprint density at radius 3 is 2.39 bits per heavy atom. The van der Waals surface area contributed by atoms with Gasteiger partial charge in [-0.05, 0) is 31.0 Å². The lowest BCUT2D eigenvalue weighted by molar-refractivity contribution is 0.0601. The number of aryl methyl sites for hydroxylation is 2. The number of hydrogen-bond donors (Lipinski definition) is 0. The second-order valence-electron chi connectivity index (χ2n) is 4.41. The smallest absolute Gasteiger partial charge is 0.338 e. The molecule has 2 nitrogen and oxygen atoms in total. The molecule has 0 saturated carbocycles. The Morgan fingerprint density at radius 2 is 1.72 bits per heavy atom. The fraction of sp³-hybridized carbons (Fsp3) is 0.188. The van der Waals surface area contributed by atoms with Gasteiger partial charge in [-0.3, -0.25) is 0 Å². The molecule has 0 spiro atoms. The summed E-state index contributed by atoms with van der Waals surface area (Å²) in [4.78, 5) is 11.8. The molecule has 18 heavy (non-hydrogen) atoms. The lowest BCUT2D eigenvalue weighted by Crippen LogP contribution is -2.03. The molecule has 2 heteroatoms. The summed E-state index contributed by atoms with van der Waals surface area (Å²) in [5.41, 5.74) is 4.86. The fourth-order valence-electron chi connectivity index (χ4n) is 2.00. The molecule has 0 amide bonds. The van der Waals surface area contributed by atoms with E-state index in [1.165, 1.54) is 12.7 Å². The number of carbonyl (C=O) groups excluding carboxylic acids is 1. The highest BCUT2D eigenvalue weighted by molar-refractivity contribution is 5.97. The molecular weight excluding hydrogens is 224 g/mol. The van der Waals surface area contributed by atoms with E-state index >= 15 is 0 Å². The molecule has 0 atom stereocenters. The quantitative estimate of drug-likeness (QED) is 0.747. The topological polar surface area (TPSA) is 26.3 Å². The van der Waals surface area contributed by atoms with Crippen molar-refractivity contribution in [1.29, 1.82) is 0 Å². The Labute approximate surface area is 107 Å². The molecule has 0 radical (unpaired) electrons. The third-order valence-electron chi connectivity index (χ3n) is 2.91. The molecule has 0 saturated heterocycles. The van der Waals surface area contributed by atoms with E-state index in [2.05, 4.69) is 6.07 Å². The second kappa shape index (κ2) is 5.05. The average Bonchev–Trinajstić information content (AvgIpc) is 2.38. The number of esters is 1. The number of rotatable bonds is 2. The predicted octanol–water partition coefficient (Wildman–Crippen LogP) is 3.76. The van der Waals surface area contributed by atoms with Crippen molar-refractivity contribution in [3.63, 3.8) is 0 Å². The van der Waals surface area contributed by atoms with Crippen molar-refractivity contribution in [2.45, 2.75) is 13.8 Å². The Hall–Kier alpha value is -2.09. The van der Waals surface area contributed by atoms with Crippen LogP contribution in [-0.2, 0) is 4.74 Å². The van der Waals surface area contributed by atoms with Gasteiger partial charge >= 0.3 is 5.97 Å². The lowest BCUT2D eigenvalue weighted by Gasteiger charge is -2.10. The minimum atomic E-state index is -0.300. The van der Waals surface area contributed by atoms with Crippen LogP contribution >= 0.6 is 0 Å². The predicted molar refractivity (Wildman–Crippen MR) is 72.7 cm³/mol. The number of hydrogen-bond acceptors (Lipinski definition) is 2. The zero-order valence-electron chi connectivity index (χ0n) is 10.9. The average molecular weight is 240 g/mol. The summed E-state index contributed by atoms with van der Waals surface area (Å²) in [5.74, 6) is -0.300. The summed E-state index contributed by atoms with van der Waals surface area (Å²) in [5, 5.41) is 0. The minimum absolute atomic E-state index is 0.300. The van der Waals surface area contributed by atoms with Crippen LogP contribution in [0.25, 0.3) is 11.1 Å². The van der Waals surface area contributed by atoms with E-state index < -0.39 is 0 Å². The first-order valence-corrected chi connectivity index (χ1v) is 5.88. The van der Waals surface area contributed by atoms with E-state index in [4.69, 9.17) is 4.74 Å². The second-order valence-corrected chi connectivity index (χ2v) is 4.41. The molecule has 0 bridgehead atoms. The summed E-state index contributed by atoms with van der Waals surface area (Å²) >= 11 is 0. The van der Waals surface area contributed by atoms with E-state index in [-0.39, 0.29) is 5.97 Å². The molecule has 0 aromatic heterocycles. The maximum absolute atomic E-state index is 11.8. The van der Waals surface area contributed by atoms with E-state index in [0.717, 1.165) is 16.7 Å². The SMILES string of the molecule is COC(=O)c1ccc(C)cc1-c1cccc(C)c1. The number of ether oxygens (including phenoxy) is 1. The molecule has 2 rings (SSSR count). The van der Waals surface area contributed by atoms with E-state index in [1.807, 2.05) is 50.2 Å². The summed E-state index contributed by atoms with van der Waals surface area (Å²) in [6.07, 6.45) is 0. The molecule has 2 aromatic rings. The van der Waals surface area contributed by atoms with Crippen molar-refractivity contribution in [3.8, 4) is 11.1 Å². The van der Waals surface area contributed by atoms with Gasteiger partial charge in [0.1, 0.15) is 0 Å². The summed E-state index contributed by atoms with van der Waals surface area (Å²) < 4.78 is 4.83. The molecular formula is C16H16O2. The maximum Gasteiger partial charge on any atom is 0.338 e. The van der Waals surface area contributed by atoms with Crippen LogP contribution in [0.15, 0.2) is 42.5 Å². The monoisotopic (exact) mass is 240 g/mol. The van der Waals surface area contributed by atoms with Crippen molar-refractivity contribution >= 4 is 5.97 Å². The molecule has 0 N–H and O–H groups in total. The van der Waals surface area contributed by atoms with Gasteiger partial charge in [0.15, 0.2) is 0 Å². The van der Waals surface area contributed by atoms with Crippen molar-refractivity contribution in [1.82, 2.24) is 0 Å². The number of methoxy groups -OCH3 is 1. The Morgan fingerprint density at radius 1 is 1.00 bits per heavy atom. The van der Waals surface area contributed by atoms with Gasteiger partial charge in [0.2, 0.25) is 0 Å². The number of carbonyl (C=O) groups is 1. The molecule has 0 unspecified atom stereocenters. The molecule has 0 aliphatic carbocycles. The lowest BCUT2D eigenvalue weighted by atomic mass is 9.96. The van der Waals surface area contributed by atoms with Crippen LogP contribution in [0.3, 0.4) is 0 Å². The summed E-state index contributed by atoms with van der Waals surface area (Å²) in [6.45, 7) is 4.05. The van der Waals surface area contributed by atoms with Crippen molar-refractivity contribution in [2.24, 2.45) is 0 Å². The van der Waals surface area contributed by atoms with Crippen LogP contribution in [0.5, 0.6) is 0 Å². The highest BCUT2D eigenvalue weighted by atomic mass is 16.5. The van der Waals surface area contributed by atoms with Gasteiger partial charge < -0.3 is 4.74 Å².